The summed E-state index contributed by atoms with van der Waals surface area (Å²) in [6.07, 6.45) is -3.49. The van der Waals surface area contributed by atoms with E-state index in [1.807, 2.05) is 0 Å². The summed E-state index contributed by atoms with van der Waals surface area (Å²) in [7, 11) is 2.23. The van der Waals surface area contributed by atoms with Crippen LogP contribution in [0.5, 0.6) is 5.75 Å². The van der Waals surface area contributed by atoms with Crippen molar-refractivity contribution in [3.05, 3.63) is 27.4 Å². The van der Waals surface area contributed by atoms with Crippen molar-refractivity contribution in [3.63, 3.8) is 0 Å². The van der Waals surface area contributed by atoms with Crippen LogP contribution in [-0.4, -0.2) is 30.1 Å². The molecule has 104 valence electrons. The average molecular weight is 276 g/mol. The number of nitrogens with zero attached hydrogens (tertiary/aromatic N) is 2. The summed E-state index contributed by atoms with van der Waals surface area (Å²) < 4.78 is 34.4. The van der Waals surface area contributed by atoms with Crippen LogP contribution in [0.15, 0.2) is 6.07 Å². The summed E-state index contributed by atoms with van der Waals surface area (Å²) in [5.74, 6) is -1.89. The Kier molecular flexibility index (Phi) is 4.67. The van der Waals surface area contributed by atoms with Crippen LogP contribution in [0.3, 0.4) is 0 Å². The topological polar surface area (TPSA) is 91.6 Å². The zero-order valence-electron chi connectivity index (χ0n) is 10.1. The maximum absolute atomic E-state index is 12.7. The summed E-state index contributed by atoms with van der Waals surface area (Å²) in [6, 6.07) is 0.990. The van der Waals surface area contributed by atoms with Gasteiger partial charge in [0.2, 0.25) is 0 Å². The standard InChI is InChI=1S/C10H10F2N2O5/c1-18-6-3-5(4-7(15)19-2)10(14(16)17)13-8(6)9(11)12/h3,9H,4H2,1-2H3. The second kappa shape index (κ2) is 6.03. The summed E-state index contributed by atoms with van der Waals surface area (Å²) in [5.41, 5.74) is -0.999. The largest absolute Gasteiger partial charge is 0.492 e. The zero-order chi connectivity index (χ0) is 14.6. The van der Waals surface area contributed by atoms with E-state index in [1.54, 1.807) is 0 Å². The molecule has 0 aliphatic rings. The van der Waals surface area contributed by atoms with Gasteiger partial charge in [0, 0.05) is 0 Å². The number of aromatic nitrogens is 1. The molecule has 7 nitrogen and oxygen atoms in total. The smallest absolute Gasteiger partial charge is 0.368 e. The van der Waals surface area contributed by atoms with E-state index in [1.165, 1.54) is 0 Å². The number of rotatable bonds is 5. The lowest BCUT2D eigenvalue weighted by atomic mass is 10.1. The molecule has 0 saturated carbocycles. The van der Waals surface area contributed by atoms with Gasteiger partial charge >= 0.3 is 18.2 Å². The quantitative estimate of drug-likeness (QED) is 0.461. The number of alkyl halides is 2. The van der Waals surface area contributed by atoms with Gasteiger partial charge in [-0.05, 0) is 16.0 Å². The predicted octanol–water partition coefficient (Wildman–Crippen LogP) is 1.65. The minimum absolute atomic E-state index is 0.155. The molecule has 0 aromatic carbocycles. The Morgan fingerprint density at radius 2 is 2.16 bits per heavy atom. The number of methoxy groups -OCH3 is 2. The van der Waals surface area contributed by atoms with E-state index >= 15 is 0 Å². The van der Waals surface area contributed by atoms with E-state index in [-0.39, 0.29) is 11.3 Å². The Hall–Kier alpha value is -2.32. The third kappa shape index (κ3) is 3.33. The Balaban J connectivity index is 3.36. The van der Waals surface area contributed by atoms with Gasteiger partial charge in [-0.15, -0.1) is 0 Å². The van der Waals surface area contributed by atoms with Gasteiger partial charge in [0.25, 0.3) is 5.69 Å². The van der Waals surface area contributed by atoms with Gasteiger partial charge < -0.3 is 19.6 Å². The van der Waals surface area contributed by atoms with Crippen LogP contribution in [0.25, 0.3) is 0 Å². The first-order valence-electron chi connectivity index (χ1n) is 4.97. The maximum atomic E-state index is 12.7. The monoisotopic (exact) mass is 276 g/mol. The van der Waals surface area contributed by atoms with Gasteiger partial charge in [-0.2, -0.15) is 0 Å². The fourth-order valence-corrected chi connectivity index (χ4v) is 1.37. The summed E-state index contributed by atoms with van der Waals surface area (Å²) >= 11 is 0. The molecule has 0 aliphatic heterocycles. The highest BCUT2D eigenvalue weighted by Gasteiger charge is 2.29. The molecule has 0 aliphatic carbocycles. The molecule has 0 spiro atoms. The van der Waals surface area contributed by atoms with Crippen LogP contribution in [-0.2, 0) is 16.0 Å². The van der Waals surface area contributed by atoms with Crippen molar-refractivity contribution in [2.24, 2.45) is 0 Å². The highest BCUT2D eigenvalue weighted by molar-refractivity contribution is 5.74. The number of hydrogen-bond acceptors (Lipinski definition) is 6. The van der Waals surface area contributed by atoms with Crippen molar-refractivity contribution in [2.75, 3.05) is 14.2 Å². The number of halogens is 2. The molecule has 1 aromatic rings. The van der Waals surface area contributed by atoms with Crippen LogP contribution in [0, 0.1) is 10.1 Å². The molecular weight excluding hydrogens is 266 g/mol. The molecule has 1 heterocycles. The molecule has 0 bridgehead atoms. The van der Waals surface area contributed by atoms with Gasteiger partial charge in [0.05, 0.1) is 26.2 Å². The van der Waals surface area contributed by atoms with Gasteiger partial charge in [-0.1, -0.05) is 0 Å². The molecule has 0 unspecified atom stereocenters. The van der Waals surface area contributed by atoms with Gasteiger partial charge in [-0.3, -0.25) is 4.79 Å². The van der Waals surface area contributed by atoms with Crippen LogP contribution in [0.4, 0.5) is 14.6 Å². The van der Waals surface area contributed by atoms with E-state index in [2.05, 4.69) is 14.5 Å². The van der Waals surface area contributed by atoms with Crippen LogP contribution < -0.4 is 4.74 Å². The SMILES string of the molecule is COC(=O)Cc1cc(OC)c(C(F)F)nc1[N+](=O)[O-]. The fourth-order valence-electron chi connectivity index (χ4n) is 1.37. The van der Waals surface area contributed by atoms with E-state index in [0.717, 1.165) is 20.3 Å². The Morgan fingerprint density at radius 3 is 2.58 bits per heavy atom. The van der Waals surface area contributed by atoms with E-state index in [0.29, 0.717) is 0 Å². The minimum atomic E-state index is -3.03. The van der Waals surface area contributed by atoms with Crippen LogP contribution in [0.1, 0.15) is 17.7 Å². The Labute approximate surface area is 106 Å². The third-order valence-corrected chi connectivity index (χ3v) is 2.23. The molecule has 1 rings (SSSR count). The minimum Gasteiger partial charge on any atom is -0.492 e. The second-order valence-corrected chi connectivity index (χ2v) is 3.37. The van der Waals surface area contributed by atoms with Crippen molar-refractivity contribution in [1.29, 1.82) is 0 Å². The number of nitro groups is 1. The first-order chi connectivity index (χ1) is 8.90. The molecule has 0 radical (unpaired) electrons. The molecular formula is C10H10F2N2O5. The Bertz CT molecular complexity index is 507. The fraction of sp³-hybridized carbons (Fsp3) is 0.400. The lowest BCUT2D eigenvalue weighted by Gasteiger charge is -2.07. The highest BCUT2D eigenvalue weighted by atomic mass is 19.3. The summed E-state index contributed by atoms with van der Waals surface area (Å²) in [4.78, 5) is 24.2. The van der Waals surface area contributed by atoms with Crippen molar-refractivity contribution in [1.82, 2.24) is 4.98 Å². The lowest BCUT2D eigenvalue weighted by molar-refractivity contribution is -0.390. The van der Waals surface area contributed by atoms with Crippen molar-refractivity contribution in [3.8, 4) is 5.75 Å². The summed E-state index contributed by atoms with van der Waals surface area (Å²) in [6.45, 7) is 0. The van der Waals surface area contributed by atoms with Crippen molar-refractivity contribution in [2.45, 2.75) is 12.8 Å². The number of pyridine rings is 1. The number of ether oxygens (including phenoxy) is 2. The maximum Gasteiger partial charge on any atom is 0.368 e. The molecule has 0 amide bonds. The second-order valence-electron chi connectivity index (χ2n) is 3.37. The van der Waals surface area contributed by atoms with E-state index in [4.69, 9.17) is 0 Å². The molecule has 1 aromatic heterocycles. The summed E-state index contributed by atoms with van der Waals surface area (Å²) in [5, 5.41) is 10.8. The van der Waals surface area contributed by atoms with Crippen molar-refractivity contribution >= 4 is 11.8 Å². The predicted molar refractivity (Wildman–Crippen MR) is 58.1 cm³/mol. The van der Waals surface area contributed by atoms with Gasteiger partial charge in [0.15, 0.2) is 5.75 Å². The molecule has 9 heteroatoms. The number of carbonyl (C=O) groups is 1. The average Bonchev–Trinajstić information content (AvgIpc) is 2.37. The normalized spacial score (nSPS) is 10.4. The van der Waals surface area contributed by atoms with Crippen LogP contribution >= 0.6 is 0 Å². The number of carbonyl (C=O) groups excluding carboxylic acids is 1. The zero-order valence-corrected chi connectivity index (χ0v) is 10.1. The Morgan fingerprint density at radius 1 is 1.53 bits per heavy atom. The first-order valence-corrected chi connectivity index (χ1v) is 4.97. The number of esters is 1. The molecule has 0 N–H and O–H groups in total. The first kappa shape index (κ1) is 14.7. The van der Waals surface area contributed by atoms with Gasteiger partial charge in [-0.25, -0.2) is 8.78 Å². The van der Waals surface area contributed by atoms with Crippen LogP contribution in [0.2, 0.25) is 0 Å². The number of hydrogen-bond donors (Lipinski definition) is 0. The highest BCUT2D eigenvalue weighted by Crippen LogP contribution is 2.32. The molecule has 0 atom stereocenters. The molecule has 19 heavy (non-hydrogen) atoms. The third-order valence-electron chi connectivity index (χ3n) is 2.23. The van der Waals surface area contributed by atoms with Gasteiger partial charge in [0.1, 0.15) is 0 Å². The van der Waals surface area contributed by atoms with E-state index in [9.17, 15) is 23.7 Å². The molecule has 0 saturated heterocycles. The van der Waals surface area contributed by atoms with E-state index < -0.39 is 35.3 Å². The lowest BCUT2D eigenvalue weighted by Crippen LogP contribution is -2.10. The van der Waals surface area contributed by atoms with Crippen molar-refractivity contribution < 1.29 is 28.0 Å². The molecule has 0 fully saturated rings.